The summed E-state index contributed by atoms with van der Waals surface area (Å²) >= 11 is 3.35. The molecule has 78 valence electrons. The van der Waals surface area contributed by atoms with Crippen LogP contribution in [-0.4, -0.2) is 12.6 Å². The fourth-order valence-electron chi connectivity index (χ4n) is 2.13. The smallest absolute Gasteiger partial charge is 0.169 e. The Kier molecular flexibility index (Phi) is 2.71. The highest BCUT2D eigenvalue weighted by Gasteiger charge is 2.35. The van der Waals surface area contributed by atoms with Crippen molar-refractivity contribution in [1.82, 2.24) is 5.32 Å². The van der Waals surface area contributed by atoms with E-state index in [4.69, 9.17) is 4.42 Å². The summed E-state index contributed by atoms with van der Waals surface area (Å²) in [6.07, 6.45) is 2.52. The van der Waals surface area contributed by atoms with Crippen molar-refractivity contribution in [2.24, 2.45) is 0 Å². The lowest BCUT2D eigenvalue weighted by Gasteiger charge is -2.29. The summed E-state index contributed by atoms with van der Waals surface area (Å²) < 4.78 is 6.46. The van der Waals surface area contributed by atoms with E-state index in [-0.39, 0.29) is 5.41 Å². The SMILES string of the molecule is CC(C)(c1ccc(Br)o1)C1CCCN1. The molecule has 0 bridgehead atoms. The quantitative estimate of drug-likeness (QED) is 0.881. The fraction of sp³-hybridized carbons (Fsp3) is 0.636. The average Bonchev–Trinajstić information content (AvgIpc) is 2.72. The highest BCUT2D eigenvalue weighted by molar-refractivity contribution is 9.10. The zero-order chi connectivity index (χ0) is 10.2. The Morgan fingerprint density at radius 2 is 2.29 bits per heavy atom. The van der Waals surface area contributed by atoms with Crippen molar-refractivity contribution in [3.05, 3.63) is 22.6 Å². The van der Waals surface area contributed by atoms with Gasteiger partial charge in [-0.05, 0) is 47.4 Å². The summed E-state index contributed by atoms with van der Waals surface area (Å²) in [6, 6.07) is 4.57. The minimum Gasteiger partial charge on any atom is -0.454 e. The van der Waals surface area contributed by atoms with Crippen molar-refractivity contribution in [2.75, 3.05) is 6.54 Å². The van der Waals surface area contributed by atoms with Gasteiger partial charge >= 0.3 is 0 Å². The summed E-state index contributed by atoms with van der Waals surface area (Å²) in [5.74, 6) is 1.06. The van der Waals surface area contributed by atoms with Crippen molar-refractivity contribution < 1.29 is 4.42 Å². The van der Waals surface area contributed by atoms with Gasteiger partial charge in [0.05, 0.1) is 0 Å². The Bertz CT molecular complexity index is 313. The normalized spacial score (nSPS) is 22.9. The fourth-order valence-corrected chi connectivity index (χ4v) is 2.44. The van der Waals surface area contributed by atoms with E-state index in [1.807, 2.05) is 6.07 Å². The Morgan fingerprint density at radius 1 is 1.50 bits per heavy atom. The van der Waals surface area contributed by atoms with Crippen LogP contribution in [0.15, 0.2) is 21.2 Å². The molecule has 0 radical (unpaired) electrons. The molecule has 0 amide bonds. The molecule has 0 aromatic carbocycles. The van der Waals surface area contributed by atoms with E-state index < -0.39 is 0 Å². The second kappa shape index (κ2) is 3.70. The molecule has 1 N–H and O–H groups in total. The van der Waals surface area contributed by atoms with Crippen LogP contribution in [-0.2, 0) is 5.41 Å². The maximum absolute atomic E-state index is 5.64. The maximum Gasteiger partial charge on any atom is 0.169 e. The summed E-state index contributed by atoms with van der Waals surface area (Å²) in [4.78, 5) is 0. The van der Waals surface area contributed by atoms with Gasteiger partial charge < -0.3 is 9.73 Å². The summed E-state index contributed by atoms with van der Waals surface area (Å²) in [6.45, 7) is 5.61. The first-order valence-corrected chi connectivity index (χ1v) is 5.89. The molecule has 2 rings (SSSR count). The molecule has 1 unspecified atom stereocenters. The van der Waals surface area contributed by atoms with E-state index in [0.29, 0.717) is 6.04 Å². The first-order valence-electron chi connectivity index (χ1n) is 5.10. The summed E-state index contributed by atoms with van der Waals surface area (Å²) in [7, 11) is 0. The van der Waals surface area contributed by atoms with Gasteiger partial charge in [-0.15, -0.1) is 0 Å². The number of rotatable bonds is 2. The van der Waals surface area contributed by atoms with Crippen LogP contribution >= 0.6 is 15.9 Å². The van der Waals surface area contributed by atoms with Crippen LogP contribution in [0, 0.1) is 0 Å². The van der Waals surface area contributed by atoms with Crippen molar-refractivity contribution in [1.29, 1.82) is 0 Å². The van der Waals surface area contributed by atoms with Gasteiger partial charge in [0.2, 0.25) is 0 Å². The van der Waals surface area contributed by atoms with Crippen molar-refractivity contribution >= 4 is 15.9 Å². The zero-order valence-corrected chi connectivity index (χ0v) is 10.2. The predicted octanol–water partition coefficient (Wildman–Crippen LogP) is 3.07. The Balaban J connectivity index is 2.22. The Labute approximate surface area is 93.2 Å². The van der Waals surface area contributed by atoms with E-state index in [0.717, 1.165) is 17.0 Å². The second-order valence-electron chi connectivity index (χ2n) is 4.47. The summed E-state index contributed by atoms with van der Waals surface area (Å²) in [5, 5.41) is 3.53. The molecule has 1 aliphatic rings. The van der Waals surface area contributed by atoms with Gasteiger partial charge in [0, 0.05) is 11.5 Å². The van der Waals surface area contributed by atoms with Crippen LogP contribution in [0.2, 0.25) is 0 Å². The first-order chi connectivity index (χ1) is 6.60. The molecule has 1 fully saturated rings. The zero-order valence-electron chi connectivity index (χ0n) is 8.64. The molecule has 1 aromatic heterocycles. The minimum atomic E-state index is 0.0858. The molecule has 3 heteroatoms. The summed E-state index contributed by atoms with van der Waals surface area (Å²) in [5.41, 5.74) is 0.0858. The maximum atomic E-state index is 5.64. The molecule has 1 aromatic rings. The van der Waals surface area contributed by atoms with Gasteiger partial charge in [0.15, 0.2) is 4.67 Å². The Hall–Kier alpha value is -0.280. The Morgan fingerprint density at radius 3 is 2.79 bits per heavy atom. The van der Waals surface area contributed by atoms with E-state index >= 15 is 0 Å². The lowest BCUT2D eigenvalue weighted by molar-refractivity contribution is 0.303. The van der Waals surface area contributed by atoms with Crippen LogP contribution in [0.4, 0.5) is 0 Å². The van der Waals surface area contributed by atoms with E-state index in [1.54, 1.807) is 0 Å². The third-order valence-electron chi connectivity index (χ3n) is 3.14. The van der Waals surface area contributed by atoms with E-state index in [9.17, 15) is 0 Å². The highest BCUT2D eigenvalue weighted by atomic mass is 79.9. The molecule has 2 heterocycles. The second-order valence-corrected chi connectivity index (χ2v) is 5.26. The lowest BCUT2D eigenvalue weighted by atomic mass is 9.81. The molecule has 0 saturated carbocycles. The van der Waals surface area contributed by atoms with Crippen molar-refractivity contribution in [2.45, 2.75) is 38.1 Å². The average molecular weight is 258 g/mol. The van der Waals surface area contributed by atoms with Gasteiger partial charge in [-0.1, -0.05) is 13.8 Å². The van der Waals surface area contributed by atoms with Gasteiger partial charge in [0.1, 0.15) is 5.76 Å². The number of nitrogens with one attached hydrogen (secondary N) is 1. The van der Waals surface area contributed by atoms with Gasteiger partial charge in [-0.25, -0.2) is 0 Å². The van der Waals surface area contributed by atoms with Crippen LogP contribution in [0.5, 0.6) is 0 Å². The minimum absolute atomic E-state index is 0.0858. The number of furan rings is 1. The molecule has 2 nitrogen and oxygen atoms in total. The largest absolute Gasteiger partial charge is 0.454 e. The molecule has 14 heavy (non-hydrogen) atoms. The molecular weight excluding hydrogens is 242 g/mol. The first kappa shape index (κ1) is 10.2. The lowest BCUT2D eigenvalue weighted by Crippen LogP contribution is -2.40. The molecule has 0 spiro atoms. The van der Waals surface area contributed by atoms with E-state index in [1.165, 1.54) is 12.8 Å². The standard InChI is InChI=1S/C11H16BrNO/c1-11(2,8-4-3-7-13-8)9-5-6-10(12)14-9/h5-6,8,13H,3-4,7H2,1-2H3. The van der Waals surface area contributed by atoms with Crippen LogP contribution in [0.3, 0.4) is 0 Å². The molecule has 1 atom stereocenters. The number of halogens is 1. The van der Waals surface area contributed by atoms with Crippen molar-refractivity contribution in [3.8, 4) is 0 Å². The van der Waals surface area contributed by atoms with Crippen LogP contribution < -0.4 is 5.32 Å². The van der Waals surface area contributed by atoms with Gasteiger partial charge in [-0.3, -0.25) is 0 Å². The molecule has 1 aliphatic heterocycles. The molecular formula is C11H16BrNO. The number of hydrogen-bond donors (Lipinski definition) is 1. The van der Waals surface area contributed by atoms with Crippen LogP contribution in [0.1, 0.15) is 32.4 Å². The van der Waals surface area contributed by atoms with E-state index in [2.05, 4.69) is 41.2 Å². The monoisotopic (exact) mass is 257 g/mol. The molecule has 0 aliphatic carbocycles. The van der Waals surface area contributed by atoms with Crippen molar-refractivity contribution in [3.63, 3.8) is 0 Å². The topological polar surface area (TPSA) is 25.2 Å². The van der Waals surface area contributed by atoms with Crippen LogP contribution in [0.25, 0.3) is 0 Å². The predicted molar refractivity (Wildman–Crippen MR) is 60.5 cm³/mol. The van der Waals surface area contributed by atoms with Gasteiger partial charge in [0.25, 0.3) is 0 Å². The third kappa shape index (κ3) is 1.75. The highest BCUT2D eigenvalue weighted by Crippen LogP contribution is 2.33. The molecule has 1 saturated heterocycles. The van der Waals surface area contributed by atoms with Gasteiger partial charge in [-0.2, -0.15) is 0 Å². The third-order valence-corrected chi connectivity index (χ3v) is 3.57. The number of hydrogen-bond acceptors (Lipinski definition) is 2.